The third-order valence-electron chi connectivity index (χ3n) is 5.01. The van der Waals surface area contributed by atoms with Gasteiger partial charge in [0.05, 0.1) is 35.0 Å². The van der Waals surface area contributed by atoms with Crippen molar-refractivity contribution >= 4 is 44.8 Å². The van der Waals surface area contributed by atoms with E-state index < -0.39 is 5.97 Å². The highest BCUT2D eigenvalue weighted by Crippen LogP contribution is 2.24. The maximum Gasteiger partial charge on any atom is 0.311 e. The molecular formula is C23H21ClN4O3S. The van der Waals surface area contributed by atoms with Crippen LogP contribution in [0.1, 0.15) is 23.7 Å². The van der Waals surface area contributed by atoms with E-state index in [0.29, 0.717) is 40.1 Å². The second-order valence-corrected chi connectivity index (χ2v) is 8.61. The van der Waals surface area contributed by atoms with Crippen molar-refractivity contribution in [1.82, 2.24) is 14.8 Å². The van der Waals surface area contributed by atoms with Crippen molar-refractivity contribution in [2.24, 2.45) is 4.99 Å². The third kappa shape index (κ3) is 4.66. The summed E-state index contributed by atoms with van der Waals surface area (Å²) in [5.74, 6) is -0.446. The Balaban J connectivity index is 1.67. The quantitative estimate of drug-likeness (QED) is 0.325. The van der Waals surface area contributed by atoms with Crippen molar-refractivity contribution in [3.8, 4) is 5.13 Å². The van der Waals surface area contributed by atoms with E-state index in [1.165, 1.54) is 23.1 Å². The molecule has 0 saturated heterocycles. The predicted molar refractivity (Wildman–Crippen MR) is 128 cm³/mol. The summed E-state index contributed by atoms with van der Waals surface area (Å²) in [6.07, 6.45) is 0.639. The van der Waals surface area contributed by atoms with Gasteiger partial charge in [-0.05, 0) is 43.2 Å². The minimum absolute atomic E-state index is 0.0665. The fourth-order valence-corrected chi connectivity index (χ4v) is 4.42. The zero-order chi connectivity index (χ0) is 22.7. The van der Waals surface area contributed by atoms with E-state index >= 15 is 0 Å². The van der Waals surface area contributed by atoms with E-state index in [1.807, 2.05) is 48.5 Å². The van der Waals surface area contributed by atoms with Gasteiger partial charge in [-0.1, -0.05) is 47.2 Å². The van der Waals surface area contributed by atoms with Crippen molar-refractivity contribution in [2.45, 2.75) is 19.8 Å². The highest BCUT2D eigenvalue weighted by Gasteiger charge is 2.21. The molecule has 4 rings (SSSR count). The molecule has 164 valence electrons. The van der Waals surface area contributed by atoms with Gasteiger partial charge in [0.2, 0.25) is 5.13 Å². The number of thiazole rings is 1. The molecule has 0 atom stereocenters. The van der Waals surface area contributed by atoms with Crippen LogP contribution in [0.5, 0.6) is 0 Å². The van der Waals surface area contributed by atoms with E-state index in [0.717, 1.165) is 15.8 Å². The average Bonchev–Trinajstić information content (AvgIpc) is 3.35. The molecular weight excluding hydrogens is 448 g/mol. The molecule has 1 N–H and O–H groups in total. The summed E-state index contributed by atoms with van der Waals surface area (Å²) < 4.78 is 7.14. The number of benzene rings is 2. The van der Waals surface area contributed by atoms with Crippen LogP contribution < -0.4 is 5.56 Å². The van der Waals surface area contributed by atoms with E-state index in [4.69, 9.17) is 16.3 Å². The lowest BCUT2D eigenvalue weighted by molar-refractivity contribution is -0.139. The molecule has 2 aromatic heterocycles. The number of hydrogen-bond donors (Lipinski definition) is 1. The lowest BCUT2D eigenvalue weighted by Gasteiger charge is -2.03. The maximum atomic E-state index is 13.3. The molecule has 7 nitrogen and oxygen atoms in total. The Bertz CT molecular complexity index is 1320. The third-order valence-corrected chi connectivity index (χ3v) is 6.29. The fourth-order valence-electron chi connectivity index (χ4n) is 3.37. The number of methoxy groups -OCH3 is 1. The second-order valence-electron chi connectivity index (χ2n) is 7.17. The maximum absolute atomic E-state index is 13.3. The number of carbonyl (C=O) groups is 1. The van der Waals surface area contributed by atoms with Crippen molar-refractivity contribution in [3.63, 3.8) is 0 Å². The Labute approximate surface area is 193 Å². The van der Waals surface area contributed by atoms with Crippen LogP contribution in [0.3, 0.4) is 0 Å². The molecule has 2 heterocycles. The SMILES string of the molecule is COC(=O)Cc1[nH]n(-c2nc3ccccc3s2)c(=O)c1C(C)=NCCc1ccc(Cl)cc1. The van der Waals surface area contributed by atoms with Gasteiger partial charge in [-0.25, -0.2) is 4.98 Å². The molecule has 4 aromatic rings. The lowest BCUT2D eigenvalue weighted by Crippen LogP contribution is -2.20. The number of aromatic nitrogens is 3. The zero-order valence-electron chi connectivity index (χ0n) is 17.6. The fraction of sp³-hybridized carbons (Fsp3) is 0.217. The average molecular weight is 469 g/mol. The normalized spacial score (nSPS) is 11.8. The van der Waals surface area contributed by atoms with E-state index in [-0.39, 0.29) is 12.0 Å². The number of halogens is 1. The first-order valence-corrected chi connectivity index (χ1v) is 11.2. The molecule has 0 aliphatic carbocycles. The summed E-state index contributed by atoms with van der Waals surface area (Å²) >= 11 is 7.33. The standard InChI is InChI=1S/C23H21ClN4O3S/c1-14(25-12-11-15-7-9-16(24)10-8-15)21-18(13-20(29)31-2)27-28(22(21)30)23-26-17-5-3-4-6-19(17)32-23/h3-10,27H,11-13H2,1-2H3. The molecule has 0 spiro atoms. The highest BCUT2D eigenvalue weighted by atomic mass is 35.5. The first-order chi connectivity index (χ1) is 15.5. The Morgan fingerprint density at radius 3 is 2.69 bits per heavy atom. The number of aromatic amines is 1. The summed E-state index contributed by atoms with van der Waals surface area (Å²) in [6.45, 7) is 2.27. The van der Waals surface area contributed by atoms with Gasteiger partial charge < -0.3 is 4.74 Å². The topological polar surface area (TPSA) is 89.3 Å². The van der Waals surface area contributed by atoms with Gasteiger partial charge >= 0.3 is 5.97 Å². The molecule has 32 heavy (non-hydrogen) atoms. The van der Waals surface area contributed by atoms with Gasteiger partial charge in [0.25, 0.3) is 5.56 Å². The zero-order valence-corrected chi connectivity index (χ0v) is 19.2. The molecule has 0 bridgehead atoms. The lowest BCUT2D eigenvalue weighted by atomic mass is 10.1. The first kappa shape index (κ1) is 22.0. The van der Waals surface area contributed by atoms with Gasteiger partial charge in [-0.2, -0.15) is 4.68 Å². The number of carbonyl (C=O) groups excluding carboxylic acids is 1. The Morgan fingerprint density at radius 1 is 1.22 bits per heavy atom. The molecule has 0 radical (unpaired) electrons. The number of para-hydroxylation sites is 1. The van der Waals surface area contributed by atoms with Crippen molar-refractivity contribution in [1.29, 1.82) is 0 Å². The van der Waals surface area contributed by atoms with Gasteiger partial charge in [-0.15, -0.1) is 0 Å². The molecule has 0 saturated carbocycles. The van der Waals surface area contributed by atoms with Crippen LogP contribution in [0.4, 0.5) is 0 Å². The summed E-state index contributed by atoms with van der Waals surface area (Å²) in [5, 5.41) is 4.23. The van der Waals surface area contributed by atoms with Crippen LogP contribution in [0.15, 0.2) is 58.3 Å². The minimum Gasteiger partial charge on any atom is -0.469 e. The smallest absolute Gasteiger partial charge is 0.311 e. The van der Waals surface area contributed by atoms with Crippen molar-refractivity contribution in [2.75, 3.05) is 13.7 Å². The van der Waals surface area contributed by atoms with Crippen molar-refractivity contribution in [3.05, 3.63) is 80.7 Å². The molecule has 9 heteroatoms. The number of rotatable bonds is 7. The predicted octanol–water partition coefficient (Wildman–Crippen LogP) is 4.20. The summed E-state index contributed by atoms with van der Waals surface area (Å²) in [5.41, 5.74) is 2.98. The van der Waals surface area contributed by atoms with Gasteiger partial charge in [-0.3, -0.25) is 19.7 Å². The van der Waals surface area contributed by atoms with Crippen LogP contribution in [0.25, 0.3) is 15.3 Å². The number of hydrogen-bond acceptors (Lipinski definition) is 6. The number of aliphatic imine (C=N–C) groups is 1. The van der Waals surface area contributed by atoms with Crippen LogP contribution >= 0.6 is 22.9 Å². The monoisotopic (exact) mass is 468 g/mol. The van der Waals surface area contributed by atoms with Gasteiger partial charge in [0.15, 0.2) is 0 Å². The van der Waals surface area contributed by atoms with Crippen molar-refractivity contribution < 1.29 is 9.53 Å². The number of nitrogens with zero attached hydrogens (tertiary/aromatic N) is 3. The van der Waals surface area contributed by atoms with E-state index in [2.05, 4.69) is 15.1 Å². The Hall–Kier alpha value is -3.23. The van der Waals surface area contributed by atoms with Crippen LogP contribution in [-0.2, 0) is 22.4 Å². The molecule has 0 aliphatic heterocycles. The molecule has 2 aromatic carbocycles. The van der Waals surface area contributed by atoms with Gasteiger partial charge in [0, 0.05) is 17.3 Å². The number of fused-ring (bicyclic) bond motifs is 1. The molecule has 0 aliphatic rings. The largest absolute Gasteiger partial charge is 0.469 e. The second kappa shape index (κ2) is 9.50. The van der Waals surface area contributed by atoms with Crippen LogP contribution in [0.2, 0.25) is 5.02 Å². The van der Waals surface area contributed by atoms with E-state index in [1.54, 1.807) is 6.92 Å². The molecule has 0 unspecified atom stereocenters. The van der Waals surface area contributed by atoms with Gasteiger partial charge in [0.1, 0.15) is 0 Å². The number of H-pyrrole nitrogens is 1. The number of esters is 1. The van der Waals surface area contributed by atoms with E-state index in [9.17, 15) is 9.59 Å². The number of ether oxygens (including phenoxy) is 1. The Morgan fingerprint density at radius 2 is 1.97 bits per heavy atom. The summed E-state index contributed by atoms with van der Waals surface area (Å²) in [6, 6.07) is 15.2. The summed E-state index contributed by atoms with van der Waals surface area (Å²) in [7, 11) is 1.32. The Kier molecular flexibility index (Phi) is 6.53. The van der Waals surface area contributed by atoms with Crippen LogP contribution in [-0.4, -0.2) is 40.1 Å². The minimum atomic E-state index is -0.446. The number of nitrogens with one attached hydrogen (secondary N) is 1. The first-order valence-electron chi connectivity index (χ1n) is 9.99. The molecule has 0 amide bonds. The molecule has 0 fully saturated rings. The summed E-state index contributed by atoms with van der Waals surface area (Å²) in [4.78, 5) is 34.4. The highest BCUT2D eigenvalue weighted by molar-refractivity contribution is 7.20. The van der Waals surface area contributed by atoms with Crippen LogP contribution in [0, 0.1) is 0 Å².